The summed E-state index contributed by atoms with van der Waals surface area (Å²) >= 11 is 0. The SMILES string of the molecule is CC(C)[C@H](NC(=O)[C@H](CCCN=C(N)N)NC(=O)[C@H](CO)NC(=O)[C@H](CO)NC(=O)[C@H](CO)NC(=O)[C@H](Cc1ccc(O)cc1)NC(=O)[C@H](Cc1ccc(O)cc1)NC(=O)[C@H](CC(=O)O)NC(=O)[C@H](CC(N)=O)NC(=O)[C@@H](N)CCCCN)C(=O)O. The highest BCUT2D eigenvalue weighted by Crippen LogP contribution is 2.15. The summed E-state index contributed by atoms with van der Waals surface area (Å²) in [5.74, 6) is -16.2. The Hall–Kier alpha value is -9.25. The summed E-state index contributed by atoms with van der Waals surface area (Å²) in [5, 5.41) is 90.2. The van der Waals surface area contributed by atoms with E-state index in [1.54, 1.807) is 0 Å². The molecule has 34 heteroatoms. The monoisotopic (exact) mass is 1220 g/mol. The molecule has 0 saturated heterocycles. The lowest BCUT2D eigenvalue weighted by Crippen LogP contribution is -2.62. The number of amides is 10. The van der Waals surface area contributed by atoms with E-state index in [0.29, 0.717) is 19.4 Å². The van der Waals surface area contributed by atoms with Gasteiger partial charge in [-0.25, -0.2) is 4.79 Å². The van der Waals surface area contributed by atoms with Crippen LogP contribution in [0.3, 0.4) is 0 Å². The number of aliphatic hydroxyl groups is 3. The maximum Gasteiger partial charge on any atom is 0.326 e. The number of nitrogens with one attached hydrogen (secondary N) is 9. The van der Waals surface area contributed by atoms with Crippen molar-refractivity contribution in [1.82, 2.24) is 47.9 Å². The van der Waals surface area contributed by atoms with Gasteiger partial charge in [-0.05, 0) is 73.5 Å². The fourth-order valence-corrected chi connectivity index (χ4v) is 7.90. The zero-order valence-corrected chi connectivity index (χ0v) is 47.2. The normalized spacial score (nSPS) is 14.5. The number of carbonyl (C=O) groups excluding carboxylic acids is 10. The van der Waals surface area contributed by atoms with Gasteiger partial charge in [-0.1, -0.05) is 44.5 Å². The van der Waals surface area contributed by atoms with Crippen molar-refractivity contribution in [3.05, 3.63) is 59.7 Å². The molecule has 26 N–H and O–H groups in total. The average Bonchev–Trinajstić information content (AvgIpc) is 3.11. The first-order chi connectivity index (χ1) is 40.5. The number of aliphatic hydroxyl groups excluding tert-OH is 3. The van der Waals surface area contributed by atoms with Gasteiger partial charge in [0.05, 0.1) is 38.7 Å². The molecule has 10 atom stereocenters. The standard InChI is InChI=1S/C52H79N15O19/c1-25(2)41(51(85)86)67-43(77)31(7-5-17-58-52(56)57)59-48(82)36(22-68)65-50(84)38(24-70)66-49(83)37(23-69)64-45(79)33(19-27-10-14-29(72)15-11-27)61-44(78)32(18-26-8-12-28(71)13-9-26)62-47(81)35(21-40(74)75)63-46(80)34(20-39(55)73)60-42(76)30(54)6-3-4-16-53/h8-15,25,30-38,41,68-72H,3-7,16-24,53-54H2,1-2H3,(H2,55,73)(H,59,82)(H,60,76)(H,61,78)(H,62,81)(H,63,80)(H,64,79)(H,65,84)(H,66,83)(H,67,77)(H,74,75)(H,85,86)(H4,56,57,58)/t30-,31-,32-,33-,34-,35-,36-,37-,38-,41-/m0/s1. The van der Waals surface area contributed by atoms with Gasteiger partial charge in [0.1, 0.15) is 65.9 Å². The zero-order chi connectivity index (χ0) is 64.8. The molecule has 0 aromatic heterocycles. The topological polar surface area (TPSA) is 597 Å². The molecule has 0 unspecified atom stereocenters. The van der Waals surface area contributed by atoms with Crippen LogP contribution in [0.2, 0.25) is 0 Å². The molecule has 2 aromatic rings. The second-order valence-corrected chi connectivity index (χ2v) is 20.0. The lowest BCUT2D eigenvalue weighted by Gasteiger charge is -2.27. The average molecular weight is 1220 g/mol. The first kappa shape index (κ1) is 72.9. The zero-order valence-electron chi connectivity index (χ0n) is 47.2. The number of carboxylic acid groups (broad SMARTS) is 2. The number of primary amides is 1. The Bertz CT molecular complexity index is 2680. The van der Waals surface area contributed by atoms with Crippen LogP contribution in [0.15, 0.2) is 53.5 Å². The van der Waals surface area contributed by atoms with Gasteiger partial charge in [0.2, 0.25) is 59.1 Å². The van der Waals surface area contributed by atoms with Crippen molar-refractivity contribution >= 4 is 77.0 Å². The Kier molecular flexibility index (Phi) is 31.5. The van der Waals surface area contributed by atoms with E-state index in [9.17, 15) is 93.3 Å². The summed E-state index contributed by atoms with van der Waals surface area (Å²) < 4.78 is 0. The largest absolute Gasteiger partial charge is 0.508 e. The Labute approximate surface area is 492 Å². The van der Waals surface area contributed by atoms with Crippen molar-refractivity contribution in [3.63, 3.8) is 0 Å². The van der Waals surface area contributed by atoms with Gasteiger partial charge in [0.25, 0.3) is 0 Å². The highest BCUT2D eigenvalue weighted by atomic mass is 16.4. The third-order valence-corrected chi connectivity index (χ3v) is 12.6. The van der Waals surface area contributed by atoms with Crippen LogP contribution in [0.4, 0.5) is 0 Å². The van der Waals surface area contributed by atoms with Gasteiger partial charge < -0.3 is 112 Å². The summed E-state index contributed by atoms with van der Waals surface area (Å²) in [7, 11) is 0. The molecule has 10 amide bonds. The molecule has 0 fully saturated rings. The molecule has 0 bridgehead atoms. The van der Waals surface area contributed by atoms with Gasteiger partial charge in [0, 0.05) is 19.4 Å². The van der Waals surface area contributed by atoms with Crippen LogP contribution in [0.1, 0.15) is 69.9 Å². The van der Waals surface area contributed by atoms with Gasteiger partial charge >= 0.3 is 11.9 Å². The molecule has 0 saturated carbocycles. The number of aliphatic imine (C=N–C) groups is 1. The van der Waals surface area contributed by atoms with Gasteiger partial charge in [-0.2, -0.15) is 0 Å². The predicted molar refractivity (Wildman–Crippen MR) is 302 cm³/mol. The number of phenolic OH excluding ortho intramolecular Hbond substituents is 2. The molecule has 0 heterocycles. The van der Waals surface area contributed by atoms with E-state index in [1.165, 1.54) is 62.4 Å². The molecule has 2 aromatic carbocycles. The molecule has 0 radical (unpaired) electrons. The van der Waals surface area contributed by atoms with Crippen LogP contribution in [-0.4, -0.2) is 206 Å². The van der Waals surface area contributed by atoms with E-state index in [1.807, 2.05) is 0 Å². The maximum absolute atomic E-state index is 14.4. The van der Waals surface area contributed by atoms with Gasteiger partial charge in [-0.15, -0.1) is 0 Å². The van der Waals surface area contributed by atoms with E-state index >= 15 is 0 Å². The highest BCUT2D eigenvalue weighted by Gasteiger charge is 2.37. The fourth-order valence-electron chi connectivity index (χ4n) is 7.90. The summed E-state index contributed by atoms with van der Waals surface area (Å²) in [4.78, 5) is 163. The summed E-state index contributed by atoms with van der Waals surface area (Å²) in [5.41, 5.74) is 28.0. The van der Waals surface area contributed by atoms with Crippen molar-refractivity contribution in [2.75, 3.05) is 32.9 Å². The number of carbonyl (C=O) groups is 12. The van der Waals surface area contributed by atoms with Crippen LogP contribution in [0, 0.1) is 5.92 Å². The van der Waals surface area contributed by atoms with Crippen LogP contribution in [0.25, 0.3) is 0 Å². The first-order valence-electron chi connectivity index (χ1n) is 26.9. The number of nitrogens with zero attached hydrogens (tertiary/aromatic N) is 1. The first-order valence-corrected chi connectivity index (χ1v) is 26.9. The Morgan fingerprint density at radius 2 is 0.826 bits per heavy atom. The lowest BCUT2D eigenvalue weighted by molar-refractivity contribution is -0.143. The summed E-state index contributed by atoms with van der Waals surface area (Å²) in [6.45, 7) is -0.252. The van der Waals surface area contributed by atoms with E-state index in [2.05, 4.69) is 52.8 Å². The smallest absolute Gasteiger partial charge is 0.326 e. The Balaban J connectivity index is 2.46. The third-order valence-electron chi connectivity index (χ3n) is 12.6. The number of hydrogen-bond donors (Lipinski definition) is 21. The van der Waals surface area contributed by atoms with Crippen molar-refractivity contribution in [3.8, 4) is 11.5 Å². The van der Waals surface area contributed by atoms with Crippen LogP contribution in [0.5, 0.6) is 11.5 Å². The molecule has 34 nitrogen and oxygen atoms in total. The molecule has 0 spiro atoms. The van der Waals surface area contributed by atoms with E-state index in [4.69, 9.17) is 28.7 Å². The van der Waals surface area contributed by atoms with Crippen molar-refractivity contribution in [1.29, 1.82) is 0 Å². The second kappa shape index (κ2) is 37.1. The minimum Gasteiger partial charge on any atom is -0.508 e. The molecule has 0 aliphatic heterocycles. The Morgan fingerprint density at radius 1 is 0.465 bits per heavy atom. The fraction of sp³-hybridized carbons (Fsp3) is 0.519. The number of rotatable bonds is 39. The number of guanidine groups is 1. The van der Waals surface area contributed by atoms with Crippen LogP contribution >= 0.6 is 0 Å². The number of benzene rings is 2. The molecule has 0 aliphatic carbocycles. The summed E-state index contributed by atoms with van der Waals surface area (Å²) in [6.07, 6.45) is -1.95. The van der Waals surface area contributed by atoms with Gasteiger partial charge in [0.15, 0.2) is 5.96 Å². The number of aromatic hydroxyl groups is 2. The number of hydrogen-bond acceptors (Lipinski definition) is 20. The molecule has 2 rings (SSSR count). The number of nitrogens with two attached hydrogens (primary N) is 5. The lowest BCUT2D eigenvalue weighted by atomic mass is 10.0. The minimum absolute atomic E-state index is 0.0253. The molecular formula is C52H79N15O19. The van der Waals surface area contributed by atoms with Crippen molar-refractivity contribution in [2.24, 2.45) is 39.6 Å². The van der Waals surface area contributed by atoms with Crippen molar-refractivity contribution in [2.45, 2.75) is 132 Å². The molecule has 476 valence electrons. The summed E-state index contributed by atoms with van der Waals surface area (Å²) in [6, 6.07) is -7.05. The molecular weight excluding hydrogens is 1140 g/mol. The predicted octanol–water partition coefficient (Wildman–Crippen LogP) is -8.18. The molecule has 0 aliphatic rings. The number of aliphatic carboxylic acids is 2. The van der Waals surface area contributed by atoms with Crippen molar-refractivity contribution < 1.29 is 93.3 Å². The van der Waals surface area contributed by atoms with E-state index in [-0.39, 0.29) is 54.4 Å². The number of carboxylic acids is 2. The quantitative estimate of drug-likeness (QED) is 0.0168. The maximum atomic E-state index is 14.4. The third kappa shape index (κ3) is 26.1. The second-order valence-electron chi connectivity index (χ2n) is 20.0. The number of phenols is 2. The number of unbranched alkanes of at least 4 members (excludes halogenated alkanes) is 1. The Morgan fingerprint density at radius 3 is 1.20 bits per heavy atom. The molecule has 86 heavy (non-hydrogen) atoms. The van der Waals surface area contributed by atoms with E-state index in [0.717, 1.165) is 0 Å². The highest BCUT2D eigenvalue weighted by molar-refractivity contribution is 6.00. The van der Waals surface area contributed by atoms with Gasteiger partial charge in [-0.3, -0.25) is 57.7 Å². The van der Waals surface area contributed by atoms with E-state index < -0.39 is 183 Å². The van der Waals surface area contributed by atoms with Crippen LogP contribution in [-0.2, 0) is 70.4 Å². The minimum atomic E-state index is -2.04. The van der Waals surface area contributed by atoms with Crippen LogP contribution < -0.4 is 76.5 Å².